The van der Waals surface area contributed by atoms with Crippen LogP contribution in [0, 0.1) is 0 Å². The number of carbonyl (C=O) groups is 2. The molecule has 132 valence electrons. The van der Waals surface area contributed by atoms with Crippen molar-refractivity contribution in [2.45, 2.75) is 31.3 Å². The molecule has 1 amide bonds. The van der Waals surface area contributed by atoms with Gasteiger partial charge in [0, 0.05) is 38.4 Å². The van der Waals surface area contributed by atoms with Gasteiger partial charge in [0.15, 0.2) is 0 Å². The van der Waals surface area contributed by atoms with Gasteiger partial charge in [-0.25, -0.2) is 4.98 Å². The molecule has 0 aromatic carbocycles. The number of hydrogen-bond donors (Lipinski definition) is 0. The molecule has 1 aliphatic heterocycles. The average Bonchev–Trinajstić information content (AvgIpc) is 2.62. The number of amides is 1. The second-order valence-corrected chi connectivity index (χ2v) is 7.06. The van der Waals surface area contributed by atoms with Crippen molar-refractivity contribution in [3.05, 3.63) is 23.9 Å². The maximum Gasteiger partial charge on any atom is 0.307 e. The fourth-order valence-electron chi connectivity index (χ4n) is 2.74. The summed E-state index contributed by atoms with van der Waals surface area (Å²) in [5.74, 6) is 0.791. The number of aromatic nitrogens is 1. The molecule has 1 fully saturated rings. The molecule has 1 aliphatic rings. The van der Waals surface area contributed by atoms with Crippen molar-refractivity contribution in [3.63, 3.8) is 0 Å². The third-order valence-corrected chi connectivity index (χ3v) is 5.02. The lowest BCUT2D eigenvalue weighted by atomic mass is 10.1. The highest BCUT2D eigenvalue weighted by atomic mass is 32.2. The van der Waals surface area contributed by atoms with Crippen LogP contribution in [0.25, 0.3) is 0 Å². The number of pyridine rings is 1. The largest absolute Gasteiger partial charge is 0.469 e. The van der Waals surface area contributed by atoms with Gasteiger partial charge in [-0.1, -0.05) is 6.92 Å². The van der Waals surface area contributed by atoms with Gasteiger partial charge in [0.2, 0.25) is 0 Å². The number of rotatable bonds is 6. The summed E-state index contributed by atoms with van der Waals surface area (Å²) in [4.78, 5) is 32.3. The number of nitrogens with zero attached hydrogens (tertiary/aromatic N) is 3. The summed E-state index contributed by atoms with van der Waals surface area (Å²) in [6.45, 7) is 6.95. The van der Waals surface area contributed by atoms with E-state index in [1.54, 1.807) is 18.0 Å². The molecule has 1 aromatic heterocycles. The van der Waals surface area contributed by atoms with E-state index < -0.39 is 0 Å². The molecular weight excluding hydrogens is 326 g/mol. The van der Waals surface area contributed by atoms with E-state index in [-0.39, 0.29) is 17.9 Å². The van der Waals surface area contributed by atoms with Crippen LogP contribution in [-0.4, -0.2) is 71.7 Å². The van der Waals surface area contributed by atoms with Gasteiger partial charge >= 0.3 is 5.97 Å². The van der Waals surface area contributed by atoms with E-state index in [1.165, 1.54) is 7.11 Å². The first kappa shape index (κ1) is 18.7. The molecule has 1 saturated heterocycles. The number of piperazine rings is 1. The summed E-state index contributed by atoms with van der Waals surface area (Å²) in [7, 11) is 1.41. The van der Waals surface area contributed by atoms with Crippen molar-refractivity contribution in [1.29, 1.82) is 0 Å². The van der Waals surface area contributed by atoms with Gasteiger partial charge in [0.1, 0.15) is 0 Å². The maximum absolute atomic E-state index is 12.6. The highest BCUT2D eigenvalue weighted by molar-refractivity contribution is 7.99. The Morgan fingerprint density at radius 2 is 2.00 bits per heavy atom. The lowest BCUT2D eigenvalue weighted by Crippen LogP contribution is -2.51. The predicted molar refractivity (Wildman–Crippen MR) is 94.2 cm³/mol. The van der Waals surface area contributed by atoms with Crippen LogP contribution in [0.15, 0.2) is 23.4 Å². The van der Waals surface area contributed by atoms with Crippen molar-refractivity contribution in [2.75, 3.05) is 39.0 Å². The van der Waals surface area contributed by atoms with Crippen LogP contribution in [0.1, 0.15) is 30.6 Å². The second-order valence-electron chi connectivity index (χ2n) is 5.78. The van der Waals surface area contributed by atoms with Gasteiger partial charge in [-0.15, -0.1) is 11.8 Å². The molecule has 0 radical (unpaired) electrons. The first-order valence-electron chi connectivity index (χ1n) is 8.24. The Hall–Kier alpha value is -1.60. The Kier molecular flexibility index (Phi) is 7.05. The second kappa shape index (κ2) is 9.03. The Morgan fingerprint density at radius 3 is 2.54 bits per heavy atom. The molecule has 0 spiro atoms. The molecule has 0 aliphatic carbocycles. The Labute approximate surface area is 147 Å². The van der Waals surface area contributed by atoms with Gasteiger partial charge < -0.3 is 9.64 Å². The quantitative estimate of drug-likeness (QED) is 0.576. The lowest BCUT2D eigenvalue weighted by molar-refractivity contribution is -0.142. The minimum absolute atomic E-state index is 0.0239. The molecular formula is C17H25N3O3S. The highest BCUT2D eigenvalue weighted by Crippen LogP contribution is 2.16. The van der Waals surface area contributed by atoms with Crippen LogP contribution in [0.3, 0.4) is 0 Å². The van der Waals surface area contributed by atoms with E-state index in [0.717, 1.165) is 23.9 Å². The van der Waals surface area contributed by atoms with E-state index in [9.17, 15) is 9.59 Å². The van der Waals surface area contributed by atoms with Gasteiger partial charge in [-0.3, -0.25) is 14.5 Å². The molecule has 0 unspecified atom stereocenters. The molecule has 2 rings (SSSR count). The number of thioether (sulfide) groups is 1. The molecule has 0 bridgehead atoms. The third kappa shape index (κ3) is 4.95. The van der Waals surface area contributed by atoms with Crippen LogP contribution < -0.4 is 0 Å². The van der Waals surface area contributed by atoms with Gasteiger partial charge in [-0.2, -0.15) is 0 Å². The SMILES string of the molecule is CCSc1ccc(C(=O)N2CCN([C@H](C)CC(=O)OC)CC2)cn1. The molecule has 0 saturated carbocycles. The summed E-state index contributed by atoms with van der Waals surface area (Å²) < 4.78 is 4.72. The zero-order chi connectivity index (χ0) is 17.5. The number of ether oxygens (including phenoxy) is 1. The van der Waals surface area contributed by atoms with Crippen LogP contribution in [0.4, 0.5) is 0 Å². The van der Waals surface area contributed by atoms with Crippen molar-refractivity contribution in [3.8, 4) is 0 Å². The van der Waals surface area contributed by atoms with Crippen LogP contribution in [0.2, 0.25) is 0 Å². The summed E-state index contributed by atoms with van der Waals surface area (Å²) in [6, 6.07) is 3.87. The number of esters is 1. The molecule has 6 nitrogen and oxygen atoms in total. The first-order valence-corrected chi connectivity index (χ1v) is 9.22. The van der Waals surface area contributed by atoms with Gasteiger partial charge in [0.25, 0.3) is 5.91 Å². The summed E-state index contributed by atoms with van der Waals surface area (Å²) in [6.07, 6.45) is 2.04. The summed E-state index contributed by atoms with van der Waals surface area (Å²) >= 11 is 1.66. The fourth-order valence-corrected chi connectivity index (χ4v) is 3.33. The standard InChI is InChI=1S/C17H25N3O3S/c1-4-24-15-6-5-14(12-18-15)17(22)20-9-7-19(8-10-20)13(2)11-16(21)23-3/h5-6,12-13H,4,7-11H2,1-3H3/t13-/m1/s1. The third-order valence-electron chi connectivity index (χ3n) is 4.19. The number of hydrogen-bond acceptors (Lipinski definition) is 6. The van der Waals surface area contributed by atoms with Crippen LogP contribution >= 0.6 is 11.8 Å². The fraction of sp³-hybridized carbons (Fsp3) is 0.588. The van der Waals surface area contributed by atoms with Gasteiger partial charge in [-0.05, 0) is 24.8 Å². The molecule has 1 atom stereocenters. The van der Waals surface area contributed by atoms with E-state index in [0.29, 0.717) is 25.1 Å². The van der Waals surface area contributed by atoms with Crippen molar-refractivity contribution in [1.82, 2.24) is 14.8 Å². The van der Waals surface area contributed by atoms with Crippen LogP contribution in [0.5, 0.6) is 0 Å². The van der Waals surface area contributed by atoms with Gasteiger partial charge in [0.05, 0.1) is 24.1 Å². The lowest BCUT2D eigenvalue weighted by Gasteiger charge is -2.37. The van der Waals surface area contributed by atoms with E-state index in [4.69, 9.17) is 4.74 Å². The zero-order valence-corrected chi connectivity index (χ0v) is 15.3. The number of carbonyl (C=O) groups excluding carboxylic acids is 2. The monoisotopic (exact) mass is 351 g/mol. The highest BCUT2D eigenvalue weighted by Gasteiger charge is 2.26. The molecule has 1 aromatic rings. The molecule has 7 heteroatoms. The van der Waals surface area contributed by atoms with Crippen molar-refractivity contribution < 1.29 is 14.3 Å². The normalized spacial score (nSPS) is 16.7. The van der Waals surface area contributed by atoms with E-state index >= 15 is 0 Å². The van der Waals surface area contributed by atoms with Crippen molar-refractivity contribution in [2.24, 2.45) is 0 Å². The molecule has 2 heterocycles. The van der Waals surface area contributed by atoms with E-state index in [1.807, 2.05) is 24.0 Å². The minimum atomic E-state index is -0.197. The predicted octanol–water partition coefficient (Wildman–Crippen LogP) is 1.90. The van der Waals surface area contributed by atoms with Crippen LogP contribution in [-0.2, 0) is 9.53 Å². The topological polar surface area (TPSA) is 62.7 Å². The Balaban J connectivity index is 1.87. The molecule has 0 N–H and O–H groups in total. The smallest absolute Gasteiger partial charge is 0.307 e. The summed E-state index contributed by atoms with van der Waals surface area (Å²) in [5.41, 5.74) is 0.631. The zero-order valence-electron chi connectivity index (χ0n) is 14.5. The maximum atomic E-state index is 12.6. The first-order chi connectivity index (χ1) is 11.5. The van der Waals surface area contributed by atoms with E-state index in [2.05, 4.69) is 16.8 Å². The minimum Gasteiger partial charge on any atom is -0.469 e. The Morgan fingerprint density at radius 1 is 1.29 bits per heavy atom. The van der Waals surface area contributed by atoms with Crippen molar-refractivity contribution >= 4 is 23.6 Å². The average molecular weight is 351 g/mol. The number of methoxy groups -OCH3 is 1. The Bertz CT molecular complexity index is 557. The molecule has 24 heavy (non-hydrogen) atoms. The summed E-state index contributed by atoms with van der Waals surface area (Å²) in [5, 5.41) is 0.940.